The third-order valence-electron chi connectivity index (χ3n) is 3.77. The standard InChI is InChI=1S/C15H24N2O2S/c1-5-19-14(18)13-11(4)20-15(17-13)16-12-7-9(2)6-10(3)8-12/h9-10,12H,5-8H2,1-4H3,(H,16,17). The maximum atomic E-state index is 11.8. The molecule has 2 rings (SSSR count). The highest BCUT2D eigenvalue weighted by atomic mass is 32.1. The van der Waals surface area contributed by atoms with Crippen molar-refractivity contribution in [1.82, 2.24) is 4.98 Å². The van der Waals surface area contributed by atoms with Crippen molar-refractivity contribution >= 4 is 22.4 Å². The summed E-state index contributed by atoms with van der Waals surface area (Å²) in [7, 11) is 0. The van der Waals surface area contributed by atoms with Gasteiger partial charge in [-0.2, -0.15) is 0 Å². The topological polar surface area (TPSA) is 51.2 Å². The van der Waals surface area contributed by atoms with E-state index in [1.165, 1.54) is 19.3 Å². The van der Waals surface area contributed by atoms with Crippen LogP contribution in [-0.4, -0.2) is 23.6 Å². The van der Waals surface area contributed by atoms with Gasteiger partial charge in [-0.15, -0.1) is 11.3 Å². The Morgan fingerprint density at radius 3 is 2.60 bits per heavy atom. The average Bonchev–Trinajstić information content (AvgIpc) is 2.69. The molecule has 0 aliphatic heterocycles. The molecular weight excluding hydrogens is 272 g/mol. The third kappa shape index (κ3) is 3.72. The number of carbonyl (C=O) groups is 1. The number of hydrogen-bond donors (Lipinski definition) is 1. The van der Waals surface area contributed by atoms with Crippen molar-refractivity contribution in [3.8, 4) is 0 Å². The molecule has 2 atom stereocenters. The quantitative estimate of drug-likeness (QED) is 0.857. The predicted octanol–water partition coefficient (Wildman–Crippen LogP) is 3.86. The molecule has 1 aromatic heterocycles. The minimum atomic E-state index is -0.320. The van der Waals surface area contributed by atoms with Gasteiger partial charge in [-0.05, 0) is 44.9 Å². The smallest absolute Gasteiger partial charge is 0.358 e. The third-order valence-corrected chi connectivity index (χ3v) is 4.67. The minimum absolute atomic E-state index is 0.320. The minimum Gasteiger partial charge on any atom is -0.461 e. The Morgan fingerprint density at radius 1 is 1.35 bits per heavy atom. The zero-order valence-electron chi connectivity index (χ0n) is 12.7. The molecule has 0 aromatic carbocycles. The van der Waals surface area contributed by atoms with Crippen LogP contribution in [0.25, 0.3) is 0 Å². The first-order valence-corrected chi connectivity index (χ1v) is 8.22. The van der Waals surface area contributed by atoms with Gasteiger partial charge >= 0.3 is 5.97 Å². The fourth-order valence-corrected chi connectivity index (χ4v) is 3.96. The van der Waals surface area contributed by atoms with Crippen LogP contribution in [0.4, 0.5) is 5.13 Å². The number of rotatable bonds is 4. The number of nitrogens with zero attached hydrogens (tertiary/aromatic N) is 1. The number of anilines is 1. The molecule has 1 aliphatic carbocycles. The van der Waals surface area contributed by atoms with Gasteiger partial charge in [0.25, 0.3) is 0 Å². The molecule has 1 aromatic rings. The molecule has 1 aliphatic rings. The van der Waals surface area contributed by atoms with Gasteiger partial charge < -0.3 is 10.1 Å². The van der Waals surface area contributed by atoms with Gasteiger partial charge in [-0.1, -0.05) is 13.8 Å². The number of hydrogen-bond acceptors (Lipinski definition) is 5. The zero-order valence-corrected chi connectivity index (χ0v) is 13.5. The van der Waals surface area contributed by atoms with Crippen LogP contribution in [-0.2, 0) is 4.74 Å². The van der Waals surface area contributed by atoms with Gasteiger partial charge in [0.1, 0.15) is 0 Å². The number of ether oxygens (including phenoxy) is 1. The van der Waals surface area contributed by atoms with E-state index < -0.39 is 0 Å². The second kappa shape index (κ2) is 6.57. The molecule has 1 fully saturated rings. The van der Waals surface area contributed by atoms with Crippen molar-refractivity contribution < 1.29 is 9.53 Å². The van der Waals surface area contributed by atoms with E-state index in [4.69, 9.17) is 4.74 Å². The maximum absolute atomic E-state index is 11.8. The van der Waals surface area contributed by atoms with E-state index in [0.29, 0.717) is 18.3 Å². The van der Waals surface area contributed by atoms with Crippen LogP contribution in [0.1, 0.15) is 55.4 Å². The molecule has 1 N–H and O–H groups in total. The summed E-state index contributed by atoms with van der Waals surface area (Å²) >= 11 is 1.54. The molecule has 0 bridgehead atoms. The second-order valence-corrected chi connectivity index (χ2v) is 7.11. The molecule has 20 heavy (non-hydrogen) atoms. The van der Waals surface area contributed by atoms with Crippen molar-refractivity contribution in [2.75, 3.05) is 11.9 Å². The Morgan fingerprint density at radius 2 is 2.00 bits per heavy atom. The number of carbonyl (C=O) groups excluding carboxylic acids is 1. The Bertz CT molecular complexity index is 462. The normalized spacial score (nSPS) is 26.3. The van der Waals surface area contributed by atoms with Crippen LogP contribution in [0.5, 0.6) is 0 Å². The van der Waals surface area contributed by atoms with E-state index in [0.717, 1.165) is 21.8 Å². The van der Waals surface area contributed by atoms with Gasteiger partial charge in [0.05, 0.1) is 6.61 Å². The molecular formula is C15H24N2O2S. The van der Waals surface area contributed by atoms with Crippen molar-refractivity contribution in [1.29, 1.82) is 0 Å². The summed E-state index contributed by atoms with van der Waals surface area (Å²) in [5.74, 6) is 1.18. The monoisotopic (exact) mass is 296 g/mol. The Balaban J connectivity index is 2.03. The molecule has 5 heteroatoms. The molecule has 0 amide bonds. The summed E-state index contributed by atoms with van der Waals surface area (Å²) in [5, 5.41) is 4.34. The highest BCUT2D eigenvalue weighted by Crippen LogP contribution is 2.32. The predicted molar refractivity (Wildman–Crippen MR) is 82.4 cm³/mol. The molecule has 0 radical (unpaired) electrons. The van der Waals surface area contributed by atoms with E-state index in [9.17, 15) is 4.79 Å². The number of aryl methyl sites for hydroxylation is 1. The summed E-state index contributed by atoms with van der Waals surface area (Å²) in [6.07, 6.45) is 3.67. The summed E-state index contributed by atoms with van der Waals surface area (Å²) in [6.45, 7) is 8.73. The maximum Gasteiger partial charge on any atom is 0.358 e. The van der Waals surface area contributed by atoms with Crippen LogP contribution in [0.3, 0.4) is 0 Å². The molecule has 1 heterocycles. The van der Waals surface area contributed by atoms with Crippen molar-refractivity contribution in [3.63, 3.8) is 0 Å². The van der Waals surface area contributed by atoms with Crippen LogP contribution in [0.15, 0.2) is 0 Å². The molecule has 2 unspecified atom stereocenters. The van der Waals surface area contributed by atoms with E-state index in [-0.39, 0.29) is 5.97 Å². The molecule has 0 spiro atoms. The summed E-state index contributed by atoms with van der Waals surface area (Å²) in [6, 6.07) is 0.467. The SMILES string of the molecule is CCOC(=O)c1nc(NC2CC(C)CC(C)C2)sc1C. The fraction of sp³-hybridized carbons (Fsp3) is 0.733. The second-order valence-electron chi connectivity index (χ2n) is 5.90. The molecule has 4 nitrogen and oxygen atoms in total. The average molecular weight is 296 g/mol. The largest absolute Gasteiger partial charge is 0.461 e. The summed E-state index contributed by atoms with van der Waals surface area (Å²) in [4.78, 5) is 17.1. The van der Waals surface area contributed by atoms with Crippen LogP contribution in [0.2, 0.25) is 0 Å². The highest BCUT2D eigenvalue weighted by Gasteiger charge is 2.25. The highest BCUT2D eigenvalue weighted by molar-refractivity contribution is 7.15. The van der Waals surface area contributed by atoms with Crippen LogP contribution < -0.4 is 5.32 Å². The first-order valence-electron chi connectivity index (χ1n) is 7.40. The van der Waals surface area contributed by atoms with Gasteiger partial charge in [0.2, 0.25) is 0 Å². The Hall–Kier alpha value is -1.10. The number of aromatic nitrogens is 1. The Kier molecular flexibility index (Phi) is 5.02. The van der Waals surface area contributed by atoms with Crippen molar-refractivity contribution in [2.24, 2.45) is 11.8 Å². The van der Waals surface area contributed by atoms with Gasteiger partial charge in [0.15, 0.2) is 10.8 Å². The lowest BCUT2D eigenvalue weighted by molar-refractivity contribution is 0.0519. The van der Waals surface area contributed by atoms with E-state index >= 15 is 0 Å². The number of thiazole rings is 1. The summed E-state index contributed by atoms with van der Waals surface area (Å²) < 4.78 is 5.02. The van der Waals surface area contributed by atoms with Crippen LogP contribution in [0, 0.1) is 18.8 Å². The number of esters is 1. The number of nitrogens with one attached hydrogen (secondary N) is 1. The first kappa shape index (κ1) is 15.3. The van der Waals surface area contributed by atoms with E-state index in [2.05, 4.69) is 24.1 Å². The van der Waals surface area contributed by atoms with Crippen molar-refractivity contribution in [3.05, 3.63) is 10.6 Å². The van der Waals surface area contributed by atoms with Crippen LogP contribution >= 0.6 is 11.3 Å². The van der Waals surface area contributed by atoms with Crippen molar-refractivity contribution in [2.45, 2.75) is 53.0 Å². The van der Waals surface area contributed by atoms with Gasteiger partial charge in [-0.25, -0.2) is 9.78 Å². The summed E-state index contributed by atoms with van der Waals surface area (Å²) in [5.41, 5.74) is 0.455. The lowest BCUT2D eigenvalue weighted by Gasteiger charge is -2.31. The lowest BCUT2D eigenvalue weighted by Crippen LogP contribution is -2.30. The fourth-order valence-electron chi connectivity index (χ4n) is 3.09. The lowest BCUT2D eigenvalue weighted by atomic mass is 9.80. The first-order chi connectivity index (χ1) is 9.49. The molecule has 112 valence electrons. The van der Waals surface area contributed by atoms with E-state index in [1.807, 2.05) is 13.8 Å². The van der Waals surface area contributed by atoms with E-state index in [1.54, 1.807) is 11.3 Å². The molecule has 1 saturated carbocycles. The molecule has 0 saturated heterocycles. The van der Waals surface area contributed by atoms with Gasteiger partial charge in [0, 0.05) is 10.9 Å². The van der Waals surface area contributed by atoms with Gasteiger partial charge in [-0.3, -0.25) is 0 Å². The zero-order chi connectivity index (χ0) is 14.7. The Labute approximate surface area is 124 Å².